The van der Waals surface area contributed by atoms with Crippen molar-refractivity contribution in [3.05, 3.63) is 0 Å². The second kappa shape index (κ2) is 85.4. The van der Waals surface area contributed by atoms with Crippen molar-refractivity contribution >= 4 is 0 Å². The van der Waals surface area contributed by atoms with Crippen LogP contribution in [0.15, 0.2) is 0 Å². The fourth-order valence-electron chi connectivity index (χ4n) is 0. The van der Waals surface area contributed by atoms with Gasteiger partial charge in [0.25, 0.3) is 0 Å². The monoisotopic (exact) mass is 209 g/mol. The van der Waals surface area contributed by atoms with Gasteiger partial charge in [0, 0.05) is 18.6 Å². The minimum atomic E-state index is 0. The molecule has 0 saturated carbocycles. The largest absolute Gasteiger partial charge is 3.00 e. The number of rotatable bonds is 0. The summed E-state index contributed by atoms with van der Waals surface area (Å²) in [6, 6.07) is 0. The summed E-state index contributed by atoms with van der Waals surface area (Å²) in [6.07, 6.45) is 0. The zero-order chi connectivity index (χ0) is 0. The van der Waals surface area contributed by atoms with Crippen LogP contribution in [0.2, 0.25) is 0 Å². The molecular formula is H5O4VY. The Bertz CT molecular complexity index is 7.51. The summed E-state index contributed by atoms with van der Waals surface area (Å²) in [4.78, 5) is 0. The Morgan fingerprint density at radius 1 is 0.667 bits per heavy atom. The molecule has 0 rings (SSSR count). The molecule has 1 radical (unpaired) electrons. The standard InChI is InChI=1S/4H2O.V.Y/h4*1H2;;/q;;;;;+3/p-3. The first kappa shape index (κ1) is 137. The quantitative estimate of drug-likeness (QED) is 0.489. The molecule has 37 valence electrons. The summed E-state index contributed by atoms with van der Waals surface area (Å²) >= 11 is 0. The van der Waals surface area contributed by atoms with Crippen LogP contribution in [0.3, 0.4) is 0 Å². The van der Waals surface area contributed by atoms with Gasteiger partial charge in [0.15, 0.2) is 0 Å². The van der Waals surface area contributed by atoms with E-state index in [1.54, 1.807) is 0 Å². The molecule has 0 aliphatic heterocycles. The molecule has 0 amide bonds. The van der Waals surface area contributed by atoms with Gasteiger partial charge in [0.2, 0.25) is 0 Å². The fourth-order valence-corrected chi connectivity index (χ4v) is 0. The third kappa shape index (κ3) is 48.5. The Hall–Kier alpha value is 1.53. The van der Waals surface area contributed by atoms with Crippen LogP contribution in [0.5, 0.6) is 0 Å². The van der Waals surface area contributed by atoms with Gasteiger partial charge in [-0.15, -0.1) is 0 Å². The molecule has 0 spiro atoms. The van der Waals surface area contributed by atoms with E-state index in [4.69, 9.17) is 0 Å². The molecule has 6 heavy (non-hydrogen) atoms. The predicted octanol–water partition coefficient (Wildman–Crippen LogP) is -1.36. The zero-order valence-electron chi connectivity index (χ0n) is 2.87. The molecule has 0 aliphatic carbocycles. The smallest absolute Gasteiger partial charge is 0.870 e. The summed E-state index contributed by atoms with van der Waals surface area (Å²) in [5, 5.41) is 0. The second-order valence-corrected chi connectivity index (χ2v) is 0. The molecule has 0 aromatic rings. The first-order chi connectivity index (χ1) is 0. The van der Waals surface area contributed by atoms with E-state index >= 15 is 0 Å². The summed E-state index contributed by atoms with van der Waals surface area (Å²) in [5.41, 5.74) is 0. The molecule has 5 N–H and O–H groups in total. The van der Waals surface area contributed by atoms with Crippen LogP contribution < -0.4 is 0 Å². The van der Waals surface area contributed by atoms with Crippen molar-refractivity contribution in [2.75, 3.05) is 0 Å². The third-order valence-electron chi connectivity index (χ3n) is 0. The van der Waals surface area contributed by atoms with Crippen molar-refractivity contribution < 1.29 is 73.2 Å². The molecule has 4 nitrogen and oxygen atoms in total. The van der Waals surface area contributed by atoms with Crippen LogP contribution >= 0.6 is 0 Å². The van der Waals surface area contributed by atoms with Crippen LogP contribution in [0.25, 0.3) is 0 Å². The first-order valence-corrected chi connectivity index (χ1v) is 0. The summed E-state index contributed by atoms with van der Waals surface area (Å²) in [5.74, 6) is 0. The summed E-state index contributed by atoms with van der Waals surface area (Å²) in [6.45, 7) is 0. The molecule has 0 unspecified atom stereocenters. The molecule has 0 aromatic carbocycles. The van der Waals surface area contributed by atoms with Crippen molar-refractivity contribution in [2.24, 2.45) is 0 Å². The summed E-state index contributed by atoms with van der Waals surface area (Å²) in [7, 11) is 0. The Kier molecular flexibility index (Phi) is 1960. The van der Waals surface area contributed by atoms with Crippen molar-refractivity contribution in [1.29, 1.82) is 0 Å². The van der Waals surface area contributed by atoms with Gasteiger partial charge in [-0.2, -0.15) is 0 Å². The molecule has 0 aliphatic rings. The van der Waals surface area contributed by atoms with Crippen LogP contribution in [-0.2, 0) is 51.3 Å². The minimum Gasteiger partial charge on any atom is -0.870 e. The SMILES string of the molecule is O.[OH-].[OH-].[OH-].[V].[Y+3]. The normalized spacial score (nSPS) is 0. The van der Waals surface area contributed by atoms with Crippen LogP contribution in [-0.4, -0.2) is 21.9 Å². The van der Waals surface area contributed by atoms with E-state index in [1.807, 2.05) is 0 Å². The van der Waals surface area contributed by atoms with Crippen LogP contribution in [0.1, 0.15) is 0 Å². The van der Waals surface area contributed by atoms with Crippen molar-refractivity contribution in [2.45, 2.75) is 0 Å². The van der Waals surface area contributed by atoms with Crippen LogP contribution in [0, 0.1) is 0 Å². The van der Waals surface area contributed by atoms with Crippen molar-refractivity contribution in [3.63, 3.8) is 0 Å². The predicted molar refractivity (Wildman–Crippen MR) is 9.42 cm³/mol. The van der Waals surface area contributed by atoms with Gasteiger partial charge >= 0.3 is 32.7 Å². The van der Waals surface area contributed by atoms with E-state index < -0.39 is 0 Å². The Balaban J connectivity index is 0. The molecule has 0 fully saturated rings. The second-order valence-electron chi connectivity index (χ2n) is 0. The maximum absolute atomic E-state index is 0. The summed E-state index contributed by atoms with van der Waals surface area (Å²) < 4.78 is 0. The molecule has 0 bridgehead atoms. The molecule has 0 atom stereocenters. The first-order valence-electron chi connectivity index (χ1n) is 0. The van der Waals surface area contributed by atoms with E-state index in [-0.39, 0.29) is 73.2 Å². The average Bonchev–Trinajstić information content (AvgIpc) is 0. The molecule has 0 saturated heterocycles. The molecule has 0 aromatic heterocycles. The maximum Gasteiger partial charge on any atom is 3.00 e. The van der Waals surface area contributed by atoms with Gasteiger partial charge in [-0.3, -0.25) is 0 Å². The van der Waals surface area contributed by atoms with Crippen molar-refractivity contribution in [1.82, 2.24) is 0 Å². The van der Waals surface area contributed by atoms with E-state index in [0.29, 0.717) is 0 Å². The average molecular weight is 209 g/mol. The maximum atomic E-state index is 0. The van der Waals surface area contributed by atoms with E-state index in [0.717, 1.165) is 0 Å². The third-order valence-corrected chi connectivity index (χ3v) is 0. The van der Waals surface area contributed by atoms with Gasteiger partial charge in [-0.25, -0.2) is 0 Å². The minimum absolute atomic E-state index is 0. The zero-order valence-corrected chi connectivity index (χ0v) is 7.10. The molecule has 0 heterocycles. The van der Waals surface area contributed by atoms with Gasteiger partial charge in [-0.05, 0) is 0 Å². The van der Waals surface area contributed by atoms with Gasteiger partial charge in [0.05, 0.1) is 0 Å². The Labute approximate surface area is 72.7 Å². The van der Waals surface area contributed by atoms with E-state index in [9.17, 15) is 0 Å². The topological polar surface area (TPSA) is 122 Å². The van der Waals surface area contributed by atoms with Gasteiger partial charge in [-0.1, -0.05) is 0 Å². The Morgan fingerprint density at radius 2 is 0.667 bits per heavy atom. The molecule has 6 heteroatoms. The Morgan fingerprint density at radius 3 is 0.667 bits per heavy atom. The number of hydrogen-bond donors (Lipinski definition) is 0. The van der Waals surface area contributed by atoms with E-state index in [2.05, 4.69) is 0 Å². The fraction of sp³-hybridized carbons (Fsp3) is 0. The van der Waals surface area contributed by atoms with Gasteiger partial charge in [0.1, 0.15) is 0 Å². The van der Waals surface area contributed by atoms with Gasteiger partial charge < -0.3 is 21.9 Å². The van der Waals surface area contributed by atoms with Crippen LogP contribution in [0.4, 0.5) is 0 Å². The van der Waals surface area contributed by atoms with Crippen molar-refractivity contribution in [3.8, 4) is 0 Å². The molecular weight excluding hydrogens is 204 g/mol. The number of hydrogen-bond acceptors (Lipinski definition) is 3. The van der Waals surface area contributed by atoms with E-state index in [1.165, 1.54) is 0 Å².